The number of hydrogen-bond acceptors (Lipinski definition) is 11. The van der Waals surface area contributed by atoms with E-state index in [1.807, 2.05) is 0 Å². The predicted molar refractivity (Wildman–Crippen MR) is 102 cm³/mol. The Balaban J connectivity index is 2.29. The van der Waals surface area contributed by atoms with Gasteiger partial charge in [-0.15, -0.1) is 0 Å². The lowest BCUT2D eigenvalue weighted by Crippen LogP contribution is -2.62. The standard InChI is InChI=1S/C19H24O11S/c1-10-5-7-14(8-6-10)31(24,25)26-9-15-16(27-11(2)20)17(28-12(3)21)18(19(23)30-15)29-13(4)22/h5-8,15-19,23H,9H2,1-4H3/t15-,16-,17+,18-,19?/m1/s1. The number of hydrogen-bond donors (Lipinski definition) is 1. The number of aliphatic hydroxyl groups excluding tert-OH is 1. The highest BCUT2D eigenvalue weighted by atomic mass is 32.2. The van der Waals surface area contributed by atoms with Crippen LogP contribution in [0.3, 0.4) is 0 Å². The zero-order chi connectivity index (χ0) is 23.3. The molecule has 1 N–H and O–H groups in total. The molecule has 12 heteroatoms. The van der Waals surface area contributed by atoms with Gasteiger partial charge in [0.1, 0.15) is 6.10 Å². The average molecular weight is 460 g/mol. The minimum absolute atomic E-state index is 0.118. The largest absolute Gasteiger partial charge is 0.456 e. The second-order valence-electron chi connectivity index (χ2n) is 6.84. The van der Waals surface area contributed by atoms with E-state index in [4.69, 9.17) is 23.1 Å². The SMILES string of the molecule is CC(=O)O[C@H]1[C@H](OC(C)=O)[C@@H](OC(C)=O)C(O)O[C@@H]1COS(=O)(=O)c1ccc(C)cc1. The summed E-state index contributed by atoms with van der Waals surface area (Å²) in [5.74, 6) is -2.45. The molecule has 1 aliphatic heterocycles. The summed E-state index contributed by atoms with van der Waals surface area (Å²) < 4.78 is 50.5. The fraction of sp³-hybridized carbons (Fsp3) is 0.526. The average Bonchev–Trinajstić information content (AvgIpc) is 2.65. The van der Waals surface area contributed by atoms with Crippen LogP contribution in [0.1, 0.15) is 26.3 Å². The van der Waals surface area contributed by atoms with Crippen molar-refractivity contribution in [1.29, 1.82) is 0 Å². The van der Waals surface area contributed by atoms with Gasteiger partial charge in [0, 0.05) is 20.8 Å². The molecule has 2 rings (SSSR count). The lowest BCUT2D eigenvalue weighted by Gasteiger charge is -2.42. The van der Waals surface area contributed by atoms with Crippen molar-refractivity contribution >= 4 is 28.0 Å². The Labute approximate surface area is 179 Å². The van der Waals surface area contributed by atoms with Gasteiger partial charge in [0.2, 0.25) is 0 Å². The van der Waals surface area contributed by atoms with Crippen LogP contribution in [0.5, 0.6) is 0 Å². The van der Waals surface area contributed by atoms with Crippen molar-refractivity contribution < 1.29 is 51.0 Å². The Hall–Kier alpha value is -2.54. The first kappa shape index (κ1) is 24.7. The van der Waals surface area contributed by atoms with Crippen molar-refractivity contribution in [2.24, 2.45) is 0 Å². The topological polar surface area (TPSA) is 152 Å². The summed E-state index contributed by atoms with van der Waals surface area (Å²) in [4.78, 5) is 34.4. The molecule has 0 bridgehead atoms. The number of carbonyl (C=O) groups excluding carboxylic acids is 3. The Morgan fingerprint density at radius 1 is 0.903 bits per heavy atom. The molecule has 1 aromatic rings. The smallest absolute Gasteiger partial charge is 0.303 e. The van der Waals surface area contributed by atoms with Gasteiger partial charge in [0.15, 0.2) is 24.6 Å². The van der Waals surface area contributed by atoms with Crippen molar-refractivity contribution in [1.82, 2.24) is 0 Å². The molecule has 1 aromatic carbocycles. The van der Waals surface area contributed by atoms with Crippen molar-refractivity contribution in [2.45, 2.75) is 63.3 Å². The van der Waals surface area contributed by atoms with Gasteiger partial charge >= 0.3 is 17.9 Å². The first-order valence-corrected chi connectivity index (χ1v) is 10.6. The summed E-state index contributed by atoms with van der Waals surface area (Å²) >= 11 is 0. The predicted octanol–water partition coefficient (Wildman–Crippen LogP) is 0.213. The maximum Gasteiger partial charge on any atom is 0.303 e. The molecule has 11 nitrogen and oxygen atoms in total. The van der Waals surface area contributed by atoms with Crippen LogP contribution in [-0.2, 0) is 47.6 Å². The number of ether oxygens (including phenoxy) is 4. The lowest BCUT2D eigenvalue weighted by atomic mass is 9.98. The summed E-state index contributed by atoms with van der Waals surface area (Å²) in [5.41, 5.74) is 0.841. The molecule has 1 heterocycles. The Bertz CT molecular complexity index is 909. The monoisotopic (exact) mass is 460 g/mol. The van der Waals surface area contributed by atoms with Gasteiger partial charge in [-0.3, -0.25) is 18.6 Å². The van der Waals surface area contributed by atoms with Crippen LogP contribution in [0.25, 0.3) is 0 Å². The maximum absolute atomic E-state index is 12.5. The molecule has 0 amide bonds. The van der Waals surface area contributed by atoms with E-state index in [-0.39, 0.29) is 4.90 Å². The van der Waals surface area contributed by atoms with E-state index in [9.17, 15) is 27.9 Å². The summed E-state index contributed by atoms with van der Waals surface area (Å²) in [7, 11) is -4.21. The molecule has 0 spiro atoms. The summed E-state index contributed by atoms with van der Waals surface area (Å²) in [6.07, 6.45) is -7.59. The van der Waals surface area contributed by atoms with E-state index in [0.29, 0.717) is 0 Å². The minimum atomic E-state index is -4.21. The molecule has 1 unspecified atom stereocenters. The van der Waals surface area contributed by atoms with E-state index in [0.717, 1.165) is 26.3 Å². The van der Waals surface area contributed by atoms with Crippen molar-refractivity contribution in [2.75, 3.05) is 6.61 Å². The second-order valence-corrected chi connectivity index (χ2v) is 8.45. The molecule has 31 heavy (non-hydrogen) atoms. The Kier molecular flexibility index (Phi) is 8.12. The number of aliphatic hydroxyl groups is 1. The summed E-state index contributed by atoms with van der Waals surface area (Å²) in [6, 6.07) is 5.87. The molecular formula is C19H24O11S. The van der Waals surface area contributed by atoms with Crippen LogP contribution in [0.4, 0.5) is 0 Å². The van der Waals surface area contributed by atoms with Crippen LogP contribution < -0.4 is 0 Å². The fourth-order valence-electron chi connectivity index (χ4n) is 2.94. The molecule has 172 valence electrons. The number of rotatable bonds is 7. The first-order valence-electron chi connectivity index (χ1n) is 9.22. The lowest BCUT2D eigenvalue weighted by molar-refractivity contribution is -0.294. The third-order valence-corrected chi connectivity index (χ3v) is 5.51. The Morgan fingerprint density at radius 2 is 1.39 bits per heavy atom. The highest BCUT2D eigenvalue weighted by Crippen LogP contribution is 2.29. The van der Waals surface area contributed by atoms with Gasteiger partial charge in [-0.2, -0.15) is 8.42 Å². The van der Waals surface area contributed by atoms with Gasteiger partial charge in [-0.1, -0.05) is 17.7 Å². The molecule has 1 saturated heterocycles. The number of esters is 3. The molecule has 0 radical (unpaired) electrons. The highest BCUT2D eigenvalue weighted by Gasteiger charge is 2.51. The van der Waals surface area contributed by atoms with Gasteiger partial charge in [-0.05, 0) is 19.1 Å². The van der Waals surface area contributed by atoms with Crippen molar-refractivity contribution in [3.63, 3.8) is 0 Å². The normalized spacial score (nSPS) is 26.0. The van der Waals surface area contributed by atoms with E-state index in [1.54, 1.807) is 19.1 Å². The molecule has 1 fully saturated rings. The van der Waals surface area contributed by atoms with E-state index < -0.39 is 65.3 Å². The third-order valence-electron chi connectivity index (χ3n) is 4.21. The van der Waals surface area contributed by atoms with Crippen LogP contribution in [-0.4, -0.2) is 68.7 Å². The first-order chi connectivity index (χ1) is 14.4. The van der Waals surface area contributed by atoms with Crippen LogP contribution >= 0.6 is 0 Å². The molecule has 0 aromatic heterocycles. The van der Waals surface area contributed by atoms with Crippen molar-refractivity contribution in [3.05, 3.63) is 29.8 Å². The number of carbonyl (C=O) groups is 3. The van der Waals surface area contributed by atoms with Crippen LogP contribution in [0.2, 0.25) is 0 Å². The minimum Gasteiger partial charge on any atom is -0.456 e. The highest BCUT2D eigenvalue weighted by molar-refractivity contribution is 7.86. The Morgan fingerprint density at radius 3 is 1.90 bits per heavy atom. The van der Waals surface area contributed by atoms with Gasteiger partial charge in [0.25, 0.3) is 10.1 Å². The molecular weight excluding hydrogens is 436 g/mol. The van der Waals surface area contributed by atoms with Crippen LogP contribution in [0, 0.1) is 6.92 Å². The van der Waals surface area contributed by atoms with E-state index in [2.05, 4.69) is 0 Å². The second kappa shape index (κ2) is 10.2. The van der Waals surface area contributed by atoms with Gasteiger partial charge in [-0.25, -0.2) is 0 Å². The zero-order valence-electron chi connectivity index (χ0n) is 17.3. The van der Waals surface area contributed by atoms with E-state index >= 15 is 0 Å². The zero-order valence-corrected chi connectivity index (χ0v) is 18.2. The molecule has 0 aliphatic carbocycles. The maximum atomic E-state index is 12.5. The molecule has 1 aliphatic rings. The third kappa shape index (κ3) is 6.72. The summed E-state index contributed by atoms with van der Waals surface area (Å²) in [6.45, 7) is 4.28. The number of benzene rings is 1. The quantitative estimate of drug-likeness (QED) is 0.338. The summed E-state index contributed by atoms with van der Waals surface area (Å²) in [5, 5.41) is 10.3. The molecule has 5 atom stereocenters. The van der Waals surface area contributed by atoms with Crippen molar-refractivity contribution in [3.8, 4) is 0 Å². The van der Waals surface area contributed by atoms with Gasteiger partial charge in [0.05, 0.1) is 11.5 Å². The van der Waals surface area contributed by atoms with Gasteiger partial charge < -0.3 is 24.1 Å². The fourth-order valence-corrected chi connectivity index (χ4v) is 3.85. The van der Waals surface area contributed by atoms with E-state index in [1.165, 1.54) is 12.1 Å². The molecule has 0 saturated carbocycles. The number of aryl methyl sites for hydroxylation is 1. The van der Waals surface area contributed by atoms with Crippen LogP contribution in [0.15, 0.2) is 29.2 Å².